The quantitative estimate of drug-likeness (QED) is 0.506. The fourth-order valence-corrected chi connectivity index (χ4v) is 2.75. The van der Waals surface area contributed by atoms with Crippen LogP contribution < -0.4 is 10.6 Å². The van der Waals surface area contributed by atoms with Crippen molar-refractivity contribution >= 4 is 5.96 Å². The molecule has 1 atom stereocenters. The summed E-state index contributed by atoms with van der Waals surface area (Å²) in [5.41, 5.74) is 1.16. The molecule has 0 aromatic heterocycles. The summed E-state index contributed by atoms with van der Waals surface area (Å²) in [5.74, 6) is 0.345. The Kier molecular flexibility index (Phi) is 8.11. The summed E-state index contributed by atoms with van der Waals surface area (Å²) in [6.07, 6.45) is 0. The van der Waals surface area contributed by atoms with Crippen molar-refractivity contribution < 1.29 is 14.2 Å². The van der Waals surface area contributed by atoms with E-state index in [-0.39, 0.29) is 12.4 Å². The van der Waals surface area contributed by atoms with Crippen LogP contribution in [0.1, 0.15) is 25.0 Å². The first-order chi connectivity index (χ1) is 12.1. The molecule has 1 aliphatic heterocycles. The van der Waals surface area contributed by atoms with Gasteiger partial charge >= 0.3 is 0 Å². The van der Waals surface area contributed by atoms with Gasteiger partial charge in [-0.25, -0.2) is 9.38 Å². The van der Waals surface area contributed by atoms with Gasteiger partial charge in [0.2, 0.25) is 0 Å². The zero-order valence-electron chi connectivity index (χ0n) is 15.1. The Balaban J connectivity index is 1.91. The Morgan fingerprint density at radius 2 is 2.12 bits per heavy atom. The Morgan fingerprint density at radius 1 is 1.36 bits per heavy atom. The van der Waals surface area contributed by atoms with Gasteiger partial charge in [-0.2, -0.15) is 0 Å². The molecule has 7 heteroatoms. The topological polar surface area (TPSA) is 69.1 Å². The molecule has 0 saturated carbocycles. The molecule has 1 aliphatic rings. The molecule has 0 spiro atoms. The molecule has 0 amide bonds. The molecule has 6 nitrogen and oxygen atoms in total. The number of benzene rings is 1. The van der Waals surface area contributed by atoms with Gasteiger partial charge < -0.3 is 20.5 Å². The number of aliphatic hydroxyl groups excluding tert-OH is 1. The predicted molar refractivity (Wildman–Crippen MR) is 97.0 cm³/mol. The van der Waals surface area contributed by atoms with Crippen molar-refractivity contribution in [3.8, 4) is 0 Å². The minimum absolute atomic E-state index is 0.298. The Hall–Kier alpha value is -1.70. The van der Waals surface area contributed by atoms with Crippen LogP contribution in [-0.4, -0.2) is 61.4 Å². The van der Waals surface area contributed by atoms with Crippen molar-refractivity contribution in [3.63, 3.8) is 0 Å². The van der Waals surface area contributed by atoms with Gasteiger partial charge in [0, 0.05) is 37.8 Å². The molecule has 1 unspecified atom stereocenters. The number of ether oxygens (including phenoxy) is 1. The van der Waals surface area contributed by atoms with Crippen LogP contribution in [-0.2, 0) is 17.9 Å². The molecule has 140 valence electrons. The second kappa shape index (κ2) is 10.3. The molecule has 0 bridgehead atoms. The highest BCUT2D eigenvalue weighted by molar-refractivity contribution is 5.79. The largest absolute Gasteiger partial charge is 0.392 e. The monoisotopic (exact) mass is 352 g/mol. The van der Waals surface area contributed by atoms with Crippen molar-refractivity contribution in [2.45, 2.75) is 33.0 Å². The summed E-state index contributed by atoms with van der Waals surface area (Å²) in [7, 11) is 0. The lowest BCUT2D eigenvalue weighted by molar-refractivity contribution is 0.0211. The minimum Gasteiger partial charge on any atom is -0.392 e. The third-order valence-corrected chi connectivity index (χ3v) is 4.28. The summed E-state index contributed by atoms with van der Waals surface area (Å²) >= 11 is 0. The maximum atomic E-state index is 13.4. The average Bonchev–Trinajstić information content (AvgIpc) is 2.65. The fraction of sp³-hybridized carbons (Fsp3) is 0.611. The fourth-order valence-electron chi connectivity index (χ4n) is 2.75. The van der Waals surface area contributed by atoms with Gasteiger partial charge in [0.15, 0.2) is 5.96 Å². The van der Waals surface area contributed by atoms with Crippen LogP contribution in [0.4, 0.5) is 4.39 Å². The van der Waals surface area contributed by atoms with Gasteiger partial charge in [-0.3, -0.25) is 4.90 Å². The maximum Gasteiger partial charge on any atom is 0.191 e. The van der Waals surface area contributed by atoms with E-state index in [1.54, 1.807) is 12.1 Å². The van der Waals surface area contributed by atoms with Crippen LogP contribution in [0.2, 0.25) is 0 Å². The van der Waals surface area contributed by atoms with Crippen molar-refractivity contribution in [1.29, 1.82) is 0 Å². The van der Waals surface area contributed by atoms with E-state index in [0.717, 1.165) is 50.9 Å². The molecule has 1 heterocycles. The molecule has 25 heavy (non-hydrogen) atoms. The number of halogens is 1. The van der Waals surface area contributed by atoms with Crippen molar-refractivity contribution in [1.82, 2.24) is 15.5 Å². The molecule has 1 aromatic rings. The minimum atomic E-state index is -0.389. The number of hydrogen-bond donors (Lipinski definition) is 3. The van der Waals surface area contributed by atoms with E-state index in [1.807, 2.05) is 6.92 Å². The van der Waals surface area contributed by atoms with Crippen LogP contribution in [0.3, 0.4) is 0 Å². The summed E-state index contributed by atoms with van der Waals surface area (Å²) in [4.78, 5) is 6.95. The number of morpholine rings is 1. The lowest BCUT2D eigenvalue weighted by atomic mass is 10.1. The number of aliphatic hydroxyl groups is 1. The first-order valence-electron chi connectivity index (χ1n) is 8.86. The Morgan fingerprint density at radius 3 is 2.80 bits per heavy atom. The van der Waals surface area contributed by atoms with E-state index in [1.165, 1.54) is 6.07 Å². The van der Waals surface area contributed by atoms with E-state index < -0.39 is 0 Å². The van der Waals surface area contributed by atoms with Crippen molar-refractivity contribution in [2.24, 2.45) is 4.99 Å². The van der Waals surface area contributed by atoms with Gasteiger partial charge in [0.25, 0.3) is 0 Å². The second-order valence-corrected chi connectivity index (χ2v) is 6.16. The highest BCUT2D eigenvalue weighted by Gasteiger charge is 2.17. The third-order valence-electron chi connectivity index (χ3n) is 4.28. The zero-order chi connectivity index (χ0) is 18.1. The third kappa shape index (κ3) is 6.26. The number of guanidine groups is 1. The zero-order valence-corrected chi connectivity index (χ0v) is 15.1. The molecule has 0 aliphatic carbocycles. The molecular weight excluding hydrogens is 323 g/mol. The van der Waals surface area contributed by atoms with Gasteiger partial charge in [0.05, 0.1) is 26.4 Å². The van der Waals surface area contributed by atoms with Crippen LogP contribution in [0.5, 0.6) is 0 Å². The molecule has 3 N–H and O–H groups in total. The lowest BCUT2D eigenvalue weighted by Gasteiger charge is -2.32. The first-order valence-corrected chi connectivity index (χ1v) is 8.86. The predicted octanol–water partition coefficient (Wildman–Crippen LogP) is 1.09. The highest BCUT2D eigenvalue weighted by atomic mass is 19.1. The molecule has 1 fully saturated rings. The van der Waals surface area contributed by atoms with Crippen LogP contribution >= 0.6 is 0 Å². The normalized spacial score (nSPS) is 17.4. The summed E-state index contributed by atoms with van der Waals surface area (Å²) in [6.45, 7) is 9.37. The van der Waals surface area contributed by atoms with Gasteiger partial charge in [-0.05, 0) is 31.5 Å². The SMILES string of the molecule is CCNC(=NCc1ccc(F)c(CO)c1)NCC(C)N1CCOCC1. The van der Waals surface area contributed by atoms with E-state index >= 15 is 0 Å². The molecule has 1 saturated heterocycles. The summed E-state index contributed by atoms with van der Waals surface area (Å²) < 4.78 is 18.8. The standard InChI is InChI=1S/C18H29FN4O2/c1-3-20-18(21-11-14(2)23-6-8-25-9-7-23)22-12-15-4-5-17(19)16(10-15)13-24/h4-5,10,14,24H,3,6-9,11-13H2,1-2H3,(H2,20,21,22). The molecule has 0 radical (unpaired) electrons. The number of rotatable bonds is 7. The van der Waals surface area contributed by atoms with Gasteiger partial charge in [0.1, 0.15) is 5.82 Å². The highest BCUT2D eigenvalue weighted by Crippen LogP contribution is 2.11. The summed E-state index contributed by atoms with van der Waals surface area (Å²) in [6, 6.07) is 5.10. The number of aliphatic imine (C=N–C) groups is 1. The van der Waals surface area contributed by atoms with E-state index in [4.69, 9.17) is 9.84 Å². The van der Waals surface area contributed by atoms with Crippen molar-refractivity contribution in [2.75, 3.05) is 39.4 Å². The smallest absolute Gasteiger partial charge is 0.191 e. The van der Waals surface area contributed by atoms with Crippen LogP contribution in [0, 0.1) is 5.82 Å². The van der Waals surface area contributed by atoms with Crippen molar-refractivity contribution in [3.05, 3.63) is 35.1 Å². The van der Waals surface area contributed by atoms with Crippen LogP contribution in [0.15, 0.2) is 23.2 Å². The number of nitrogens with zero attached hydrogens (tertiary/aromatic N) is 2. The first kappa shape index (κ1) is 19.6. The van der Waals surface area contributed by atoms with E-state index in [2.05, 4.69) is 27.4 Å². The molecular formula is C18H29FN4O2. The summed E-state index contributed by atoms with van der Waals surface area (Å²) in [5, 5.41) is 15.7. The van der Waals surface area contributed by atoms with Gasteiger partial charge in [-0.1, -0.05) is 6.07 Å². The lowest BCUT2D eigenvalue weighted by Crippen LogP contribution is -2.49. The molecule has 1 aromatic carbocycles. The Labute approximate surface area is 149 Å². The molecule has 2 rings (SSSR count). The van der Waals surface area contributed by atoms with Crippen LogP contribution in [0.25, 0.3) is 0 Å². The van der Waals surface area contributed by atoms with E-state index in [9.17, 15) is 4.39 Å². The van der Waals surface area contributed by atoms with Gasteiger partial charge in [-0.15, -0.1) is 0 Å². The second-order valence-electron chi connectivity index (χ2n) is 6.16. The maximum absolute atomic E-state index is 13.4. The Bertz CT molecular complexity index is 562. The van der Waals surface area contributed by atoms with E-state index in [0.29, 0.717) is 18.2 Å². The number of nitrogens with one attached hydrogen (secondary N) is 2. The number of hydrogen-bond acceptors (Lipinski definition) is 4. The average molecular weight is 352 g/mol.